The van der Waals surface area contributed by atoms with Crippen LogP contribution in [0.15, 0.2) is 24.3 Å². The lowest BCUT2D eigenvalue weighted by Crippen LogP contribution is -2.08. The van der Waals surface area contributed by atoms with E-state index in [1.54, 1.807) is 0 Å². The highest BCUT2D eigenvalue weighted by Gasteiger charge is 2.18. The van der Waals surface area contributed by atoms with Crippen molar-refractivity contribution >= 4 is 22.3 Å². The van der Waals surface area contributed by atoms with E-state index in [-0.39, 0.29) is 5.78 Å². The number of carbonyl (C=O) groups excluding carboxylic acids is 1. The predicted octanol–water partition coefficient (Wildman–Crippen LogP) is 3.01. The zero-order valence-corrected chi connectivity index (χ0v) is 13.3. The second kappa shape index (κ2) is 7.33. The number of rotatable bonds is 7. The van der Waals surface area contributed by atoms with Crippen molar-refractivity contribution in [1.82, 2.24) is 4.98 Å². The molecule has 0 saturated heterocycles. The minimum Gasteiger partial charge on any atom is -0.361 e. The van der Waals surface area contributed by atoms with E-state index in [1.165, 1.54) is 11.3 Å². The minimum atomic E-state index is 0.0642. The van der Waals surface area contributed by atoms with Crippen LogP contribution in [0.3, 0.4) is 0 Å². The second-order valence-corrected chi connectivity index (χ2v) is 5.84. The van der Waals surface area contributed by atoms with Crippen LogP contribution >= 0.6 is 11.3 Å². The summed E-state index contributed by atoms with van der Waals surface area (Å²) in [5, 5.41) is 4.01. The fourth-order valence-electron chi connectivity index (χ4n) is 2.15. The average molecular weight is 303 g/mol. The van der Waals surface area contributed by atoms with Crippen molar-refractivity contribution < 1.29 is 4.79 Å². The summed E-state index contributed by atoms with van der Waals surface area (Å²) < 4.78 is 0. The molecular weight excluding hydrogens is 282 g/mol. The molecule has 112 valence electrons. The molecule has 0 radical (unpaired) electrons. The Labute approximate surface area is 129 Å². The smallest absolute Gasteiger partial charge is 0.205 e. The third-order valence-electron chi connectivity index (χ3n) is 3.30. The van der Waals surface area contributed by atoms with Crippen LogP contribution in [0.4, 0.5) is 5.13 Å². The lowest BCUT2D eigenvalue weighted by molar-refractivity contribution is 0.104. The molecule has 2 rings (SSSR count). The molecule has 0 amide bonds. The van der Waals surface area contributed by atoms with Crippen LogP contribution in [-0.4, -0.2) is 23.9 Å². The van der Waals surface area contributed by atoms with E-state index in [2.05, 4.69) is 17.2 Å². The third-order valence-corrected chi connectivity index (χ3v) is 4.42. The summed E-state index contributed by atoms with van der Waals surface area (Å²) in [6.07, 6.45) is 1.74. The number of benzene rings is 1. The summed E-state index contributed by atoms with van der Waals surface area (Å²) in [4.78, 5) is 17.9. The number of aromatic nitrogens is 1. The second-order valence-electron chi connectivity index (χ2n) is 4.84. The number of nitrogens with zero attached hydrogens (tertiary/aromatic N) is 1. The summed E-state index contributed by atoms with van der Waals surface area (Å²) in [5.74, 6) is 0.0642. The van der Waals surface area contributed by atoms with Crippen molar-refractivity contribution in [3.8, 4) is 0 Å². The van der Waals surface area contributed by atoms with Gasteiger partial charge in [0, 0.05) is 12.1 Å². The Balaban J connectivity index is 2.23. The Morgan fingerprint density at radius 3 is 2.86 bits per heavy atom. The lowest BCUT2D eigenvalue weighted by Gasteiger charge is -2.05. The van der Waals surface area contributed by atoms with Crippen molar-refractivity contribution in [3.05, 3.63) is 46.0 Å². The van der Waals surface area contributed by atoms with Crippen molar-refractivity contribution in [3.63, 3.8) is 0 Å². The molecule has 0 bridgehead atoms. The van der Waals surface area contributed by atoms with Gasteiger partial charge in [-0.3, -0.25) is 4.79 Å². The Hall–Kier alpha value is -1.72. The number of ketones is 1. The van der Waals surface area contributed by atoms with Crippen LogP contribution in [0.1, 0.15) is 39.8 Å². The molecule has 0 aliphatic carbocycles. The van der Waals surface area contributed by atoms with Gasteiger partial charge in [-0.15, -0.1) is 0 Å². The maximum atomic E-state index is 12.7. The quantitative estimate of drug-likeness (QED) is 0.609. The van der Waals surface area contributed by atoms with E-state index in [0.717, 1.165) is 41.3 Å². The van der Waals surface area contributed by atoms with Gasteiger partial charge < -0.3 is 11.1 Å². The van der Waals surface area contributed by atoms with Crippen molar-refractivity contribution in [2.45, 2.75) is 26.7 Å². The highest BCUT2D eigenvalue weighted by molar-refractivity contribution is 7.17. The van der Waals surface area contributed by atoms with Gasteiger partial charge in [0.2, 0.25) is 5.78 Å². The molecule has 1 aromatic carbocycles. The van der Waals surface area contributed by atoms with Crippen LogP contribution in [0.5, 0.6) is 0 Å². The summed E-state index contributed by atoms with van der Waals surface area (Å²) in [6, 6.07) is 7.77. The van der Waals surface area contributed by atoms with E-state index in [0.29, 0.717) is 11.4 Å². The maximum Gasteiger partial charge on any atom is 0.205 e. The molecule has 0 aliphatic heterocycles. The van der Waals surface area contributed by atoms with Gasteiger partial charge in [0.1, 0.15) is 0 Å². The summed E-state index contributed by atoms with van der Waals surface area (Å²) >= 11 is 1.42. The van der Waals surface area contributed by atoms with Crippen LogP contribution in [0.25, 0.3) is 0 Å². The molecule has 0 saturated carbocycles. The first kappa shape index (κ1) is 15.7. The van der Waals surface area contributed by atoms with Crippen LogP contribution in [0.2, 0.25) is 0 Å². The van der Waals surface area contributed by atoms with Crippen molar-refractivity contribution in [2.24, 2.45) is 5.73 Å². The van der Waals surface area contributed by atoms with E-state index >= 15 is 0 Å². The normalized spacial score (nSPS) is 10.6. The molecule has 0 unspecified atom stereocenters. The third kappa shape index (κ3) is 3.68. The Bertz CT molecular complexity index is 622. The highest BCUT2D eigenvalue weighted by Crippen LogP contribution is 2.26. The van der Waals surface area contributed by atoms with Gasteiger partial charge in [0.25, 0.3) is 0 Å². The number of hydrogen-bond donors (Lipinski definition) is 2. The molecule has 5 heteroatoms. The zero-order chi connectivity index (χ0) is 15.2. The molecule has 21 heavy (non-hydrogen) atoms. The molecule has 2 aromatic rings. The number of nitrogens with one attached hydrogen (secondary N) is 1. The van der Waals surface area contributed by atoms with Gasteiger partial charge in [0.15, 0.2) is 5.13 Å². The summed E-state index contributed by atoms with van der Waals surface area (Å²) in [6.45, 7) is 5.37. The fourth-order valence-corrected chi connectivity index (χ4v) is 3.10. The monoisotopic (exact) mass is 303 g/mol. The highest BCUT2D eigenvalue weighted by atomic mass is 32.1. The van der Waals surface area contributed by atoms with Gasteiger partial charge in [-0.25, -0.2) is 4.98 Å². The molecule has 0 spiro atoms. The largest absolute Gasteiger partial charge is 0.361 e. The van der Waals surface area contributed by atoms with E-state index < -0.39 is 0 Å². The van der Waals surface area contributed by atoms with E-state index in [9.17, 15) is 4.79 Å². The predicted molar refractivity (Wildman–Crippen MR) is 88.3 cm³/mol. The SMILES string of the molecule is CCc1ccccc1C(=O)c1sc(NCCCN)nc1C. The molecule has 3 N–H and O–H groups in total. The van der Waals surface area contributed by atoms with Crippen molar-refractivity contribution in [2.75, 3.05) is 18.4 Å². The molecule has 0 fully saturated rings. The first-order valence-electron chi connectivity index (χ1n) is 7.21. The number of carbonyl (C=O) groups is 1. The Morgan fingerprint density at radius 1 is 1.38 bits per heavy atom. The number of thiazole rings is 1. The molecular formula is C16H21N3OS. The molecule has 0 atom stereocenters. The standard InChI is InChI=1S/C16H21N3OS/c1-3-12-7-4-5-8-13(12)14(20)15-11(2)19-16(21-15)18-10-6-9-17/h4-5,7-8H,3,6,9-10,17H2,1-2H3,(H,18,19). The van der Waals surface area contributed by atoms with Crippen LogP contribution < -0.4 is 11.1 Å². The molecule has 0 aliphatic rings. The van der Waals surface area contributed by atoms with E-state index in [4.69, 9.17) is 5.73 Å². The number of anilines is 1. The lowest BCUT2D eigenvalue weighted by atomic mass is 10.0. The maximum absolute atomic E-state index is 12.7. The first-order chi connectivity index (χ1) is 10.2. The number of nitrogens with two attached hydrogens (primary N) is 1. The fraction of sp³-hybridized carbons (Fsp3) is 0.375. The summed E-state index contributed by atoms with van der Waals surface area (Å²) in [7, 11) is 0. The average Bonchev–Trinajstić information content (AvgIpc) is 2.87. The van der Waals surface area contributed by atoms with E-state index in [1.807, 2.05) is 31.2 Å². The molecule has 1 heterocycles. The minimum absolute atomic E-state index is 0.0642. The van der Waals surface area contributed by atoms with Gasteiger partial charge in [-0.2, -0.15) is 0 Å². The first-order valence-corrected chi connectivity index (χ1v) is 8.03. The van der Waals surface area contributed by atoms with Gasteiger partial charge in [-0.1, -0.05) is 42.5 Å². The van der Waals surface area contributed by atoms with Gasteiger partial charge in [0.05, 0.1) is 10.6 Å². The van der Waals surface area contributed by atoms with Gasteiger partial charge >= 0.3 is 0 Å². The summed E-state index contributed by atoms with van der Waals surface area (Å²) in [5.41, 5.74) is 8.11. The topological polar surface area (TPSA) is 68.0 Å². The van der Waals surface area contributed by atoms with Gasteiger partial charge in [-0.05, 0) is 31.9 Å². The zero-order valence-electron chi connectivity index (χ0n) is 12.5. The molecule has 1 aromatic heterocycles. The van der Waals surface area contributed by atoms with Crippen LogP contribution in [0, 0.1) is 6.92 Å². The Morgan fingerprint density at radius 2 is 2.14 bits per heavy atom. The Kier molecular flexibility index (Phi) is 5.47. The number of aryl methyl sites for hydroxylation is 2. The van der Waals surface area contributed by atoms with Crippen molar-refractivity contribution in [1.29, 1.82) is 0 Å². The van der Waals surface area contributed by atoms with Crippen LogP contribution in [-0.2, 0) is 6.42 Å². The number of hydrogen-bond acceptors (Lipinski definition) is 5. The molecule has 4 nitrogen and oxygen atoms in total.